The van der Waals surface area contributed by atoms with Gasteiger partial charge in [-0.25, -0.2) is 14.8 Å². The van der Waals surface area contributed by atoms with Gasteiger partial charge in [-0.2, -0.15) is 0 Å². The molecule has 0 saturated heterocycles. The van der Waals surface area contributed by atoms with Gasteiger partial charge in [-0.1, -0.05) is 44.2 Å². The van der Waals surface area contributed by atoms with Gasteiger partial charge in [0.15, 0.2) is 17.2 Å². The molecule has 0 fully saturated rings. The van der Waals surface area contributed by atoms with Gasteiger partial charge in [0.25, 0.3) is 23.6 Å². The largest absolute Gasteiger partial charge is 0.481 e. The van der Waals surface area contributed by atoms with Crippen LogP contribution in [-0.2, 0) is 20.8 Å². The summed E-state index contributed by atoms with van der Waals surface area (Å²) < 4.78 is 0. The van der Waals surface area contributed by atoms with Crippen LogP contribution in [0.2, 0.25) is 0 Å². The summed E-state index contributed by atoms with van der Waals surface area (Å²) in [5.74, 6) is -6.31. The van der Waals surface area contributed by atoms with Crippen molar-refractivity contribution in [2.75, 3.05) is 19.6 Å². The summed E-state index contributed by atoms with van der Waals surface area (Å²) in [6.07, 6.45) is 2.13. The summed E-state index contributed by atoms with van der Waals surface area (Å²) in [4.78, 5) is 101. The number of H-pyrrole nitrogens is 2. The molecule has 3 aromatic rings. The molecule has 53 heavy (non-hydrogen) atoms. The second-order valence-corrected chi connectivity index (χ2v) is 12.4. The highest BCUT2D eigenvalue weighted by Gasteiger charge is 2.29. The molecule has 3 rings (SSSR count). The number of aliphatic carboxylic acids is 2. The van der Waals surface area contributed by atoms with E-state index in [0.29, 0.717) is 6.42 Å². The second-order valence-electron chi connectivity index (χ2n) is 12.4. The zero-order valence-electron chi connectivity index (χ0n) is 29.3. The zero-order chi connectivity index (χ0) is 38.4. The van der Waals surface area contributed by atoms with Crippen LogP contribution in [0.5, 0.6) is 0 Å². The Hall–Kier alpha value is -5.66. The number of amides is 4. The van der Waals surface area contributed by atoms with Crippen LogP contribution in [0, 0.1) is 5.92 Å². The third-order valence-electron chi connectivity index (χ3n) is 7.62. The lowest BCUT2D eigenvalue weighted by molar-refractivity contribution is -0.145. The smallest absolute Gasteiger partial charge is 0.326 e. The van der Waals surface area contributed by atoms with E-state index in [1.54, 1.807) is 31.2 Å². The molecule has 0 radical (unpaired) electrons. The monoisotopic (exact) mass is 760 g/mol. The molecule has 0 saturated carbocycles. The molecular weight excluding hydrogens is 716 g/mol. The summed E-state index contributed by atoms with van der Waals surface area (Å²) in [6, 6.07) is 5.27. The molecule has 19 nitrogen and oxygen atoms in total. The molecule has 0 aliphatic rings. The third-order valence-corrected chi connectivity index (χ3v) is 7.62. The molecule has 0 aliphatic carbocycles. The van der Waals surface area contributed by atoms with Crippen LogP contribution in [0.15, 0.2) is 43.0 Å². The van der Waals surface area contributed by atoms with Crippen LogP contribution in [-0.4, -0.2) is 115 Å². The van der Waals surface area contributed by atoms with Crippen LogP contribution in [0.3, 0.4) is 0 Å². The Morgan fingerprint density at radius 2 is 1.32 bits per heavy atom. The molecule has 11 N–H and O–H groups in total. The molecular formula is C33H45ClN10O9. The number of carbonyl (C=O) groups excluding carboxylic acids is 5. The first-order valence-electron chi connectivity index (χ1n) is 16.4. The number of aromatic nitrogens is 4. The highest BCUT2D eigenvalue weighted by atomic mass is 35.5. The van der Waals surface area contributed by atoms with Crippen molar-refractivity contribution in [1.29, 1.82) is 0 Å². The lowest BCUT2D eigenvalue weighted by Crippen LogP contribution is -2.48. The number of rotatable bonds is 21. The number of hydrogen-bond acceptors (Lipinski definition) is 11. The minimum atomic E-state index is -1.75. The van der Waals surface area contributed by atoms with Crippen molar-refractivity contribution in [3.05, 3.63) is 71.3 Å². The van der Waals surface area contributed by atoms with Crippen LogP contribution in [0.4, 0.5) is 0 Å². The Morgan fingerprint density at radius 1 is 0.774 bits per heavy atom. The van der Waals surface area contributed by atoms with E-state index in [-0.39, 0.29) is 73.2 Å². The number of benzene rings is 1. The number of ketones is 1. The van der Waals surface area contributed by atoms with Gasteiger partial charge in [0, 0.05) is 25.2 Å². The Bertz CT molecular complexity index is 1730. The highest BCUT2D eigenvalue weighted by Crippen LogP contribution is 2.10. The van der Waals surface area contributed by atoms with Crippen molar-refractivity contribution >= 4 is 53.8 Å². The molecule has 4 atom stereocenters. The highest BCUT2D eigenvalue weighted by molar-refractivity contribution is 6.07. The fourth-order valence-corrected chi connectivity index (χ4v) is 5.12. The minimum Gasteiger partial charge on any atom is -0.481 e. The van der Waals surface area contributed by atoms with E-state index < -0.39 is 65.9 Å². The number of halogens is 1. The van der Waals surface area contributed by atoms with Crippen molar-refractivity contribution in [3.63, 3.8) is 0 Å². The van der Waals surface area contributed by atoms with Gasteiger partial charge < -0.3 is 52.5 Å². The molecule has 0 bridgehead atoms. The van der Waals surface area contributed by atoms with Gasteiger partial charge in [0.1, 0.15) is 17.4 Å². The van der Waals surface area contributed by atoms with Gasteiger partial charge >= 0.3 is 11.9 Å². The van der Waals surface area contributed by atoms with E-state index in [0.717, 1.165) is 11.9 Å². The van der Waals surface area contributed by atoms with Crippen molar-refractivity contribution in [2.45, 2.75) is 64.2 Å². The summed E-state index contributed by atoms with van der Waals surface area (Å²) >= 11 is 0. The average Bonchev–Trinajstić information content (AvgIpc) is 3.78. The van der Waals surface area contributed by atoms with Crippen molar-refractivity contribution in [2.24, 2.45) is 11.7 Å². The first-order chi connectivity index (χ1) is 24.7. The van der Waals surface area contributed by atoms with E-state index in [2.05, 4.69) is 41.2 Å². The molecule has 0 spiro atoms. The van der Waals surface area contributed by atoms with Gasteiger partial charge in [0.2, 0.25) is 0 Å². The molecule has 1 aromatic carbocycles. The average molecular weight is 761 g/mol. The first kappa shape index (κ1) is 43.5. The van der Waals surface area contributed by atoms with Gasteiger partial charge in [-0.15, -0.1) is 12.4 Å². The van der Waals surface area contributed by atoms with Crippen LogP contribution >= 0.6 is 12.4 Å². The van der Waals surface area contributed by atoms with E-state index in [4.69, 9.17) is 10.8 Å². The number of nitrogens with one attached hydrogen (secondary N) is 7. The fraction of sp³-hybridized carbons (Fsp3) is 0.424. The van der Waals surface area contributed by atoms with E-state index in [1.807, 2.05) is 25.2 Å². The number of nitrogens with zero attached hydrogens (tertiary/aromatic N) is 2. The Balaban J connectivity index is 0.00000972. The Morgan fingerprint density at radius 3 is 1.83 bits per heavy atom. The number of carbonyl (C=O) groups is 7. The summed E-state index contributed by atoms with van der Waals surface area (Å²) in [5, 5.41) is 31.2. The Labute approximate surface area is 310 Å². The fourth-order valence-electron chi connectivity index (χ4n) is 5.12. The number of hydrogen-bond donors (Lipinski definition) is 10. The van der Waals surface area contributed by atoms with Crippen LogP contribution in [0.25, 0.3) is 0 Å². The predicted octanol–water partition coefficient (Wildman–Crippen LogP) is -0.366. The standard InChI is InChI=1S/C33H44N10O9.ClH/c1-17(2)9-20(12-34)41-30(48)26-28(39-16-37-26)31(49)42-21(10-19-7-5-4-6-8-19)23(44)14-35-13-18(3)40-29(47)25-27(38-15-36-25)32(50)43-22(33(51)52)11-24(45)46;/h4-8,15-18,20-22,35H,9-14,34H2,1-3H3,(H,36,38)(H,37,39)(H,40,47)(H,41,48)(H,42,49)(H,43,50)(H,45,46)(H,51,52);1H/t18-,20-,21-,22-;/m0./s1. The molecule has 20 heteroatoms. The maximum Gasteiger partial charge on any atom is 0.326 e. The summed E-state index contributed by atoms with van der Waals surface area (Å²) in [7, 11) is 0. The lowest BCUT2D eigenvalue weighted by atomic mass is 10.0. The first-order valence-corrected chi connectivity index (χ1v) is 16.4. The maximum atomic E-state index is 13.5. The SMILES string of the molecule is CC(C)C[C@@H](CN)NC(=O)c1nc[nH]c1C(=O)N[C@@H](Cc1ccccc1)C(=O)CNC[C@H](C)NC(=O)c1nc[nH]c1C(=O)N[C@@H](CC(=O)O)C(=O)O.Cl. The number of nitrogens with two attached hydrogens (primary N) is 1. The number of Topliss-reactive ketones (excluding diaryl/α,β-unsaturated/α-hetero) is 1. The van der Waals surface area contributed by atoms with Gasteiger partial charge in [-0.05, 0) is 31.2 Å². The quantitative estimate of drug-likeness (QED) is 0.0664. The number of carboxylic acid groups (broad SMARTS) is 2. The number of aromatic amines is 2. The van der Waals surface area contributed by atoms with E-state index in [9.17, 15) is 38.7 Å². The van der Waals surface area contributed by atoms with Crippen LogP contribution in [0.1, 0.15) is 81.1 Å². The lowest BCUT2D eigenvalue weighted by Gasteiger charge is -2.20. The third kappa shape index (κ3) is 13.4. The van der Waals surface area contributed by atoms with Crippen LogP contribution < -0.4 is 32.3 Å². The van der Waals surface area contributed by atoms with Gasteiger partial charge in [0.05, 0.1) is 31.7 Å². The summed E-state index contributed by atoms with van der Waals surface area (Å²) in [5.41, 5.74) is 5.56. The van der Waals surface area contributed by atoms with E-state index in [1.165, 1.54) is 6.33 Å². The number of carboxylic acids is 2. The molecule has 0 unspecified atom stereocenters. The van der Waals surface area contributed by atoms with Gasteiger partial charge in [-0.3, -0.25) is 28.8 Å². The van der Waals surface area contributed by atoms with Crippen molar-refractivity contribution in [3.8, 4) is 0 Å². The summed E-state index contributed by atoms with van der Waals surface area (Å²) in [6.45, 7) is 5.64. The van der Waals surface area contributed by atoms with Crippen molar-refractivity contribution < 1.29 is 43.8 Å². The minimum absolute atomic E-state index is 0. The van der Waals surface area contributed by atoms with E-state index >= 15 is 0 Å². The zero-order valence-corrected chi connectivity index (χ0v) is 30.1. The molecule has 2 aromatic heterocycles. The Kier molecular flexibility index (Phi) is 17.2. The maximum absolute atomic E-state index is 13.5. The molecule has 0 aliphatic heterocycles. The molecule has 288 valence electrons. The molecule has 2 heterocycles. The molecule has 4 amide bonds. The topological polar surface area (TPSA) is 303 Å². The number of imidazole rings is 2. The van der Waals surface area contributed by atoms with Crippen molar-refractivity contribution in [1.82, 2.24) is 46.5 Å². The normalized spacial score (nSPS) is 13.1. The predicted molar refractivity (Wildman–Crippen MR) is 192 cm³/mol. The second kappa shape index (κ2) is 21.0.